The lowest BCUT2D eigenvalue weighted by molar-refractivity contribution is 0.0344. The summed E-state index contributed by atoms with van der Waals surface area (Å²) in [6.45, 7) is 6.49. The maximum absolute atomic E-state index is 14.0. The topological polar surface area (TPSA) is 50.5 Å². The molecule has 1 fully saturated rings. The summed E-state index contributed by atoms with van der Waals surface area (Å²) in [5.41, 5.74) is -0.861. The van der Waals surface area contributed by atoms with Gasteiger partial charge < -0.3 is 10.0 Å². The Labute approximate surface area is 123 Å². The molecule has 0 atom stereocenters. The molecule has 114 valence electrons. The van der Waals surface area contributed by atoms with Gasteiger partial charge in [-0.3, -0.25) is 4.90 Å². The second-order valence-electron chi connectivity index (χ2n) is 5.95. The fraction of sp³-hybridized carbons (Fsp3) is 0.533. The van der Waals surface area contributed by atoms with Crippen LogP contribution in [0.3, 0.4) is 0 Å². The molecule has 0 saturated carbocycles. The molecule has 1 heterocycles. The smallest absolute Gasteiger partial charge is 0.183 e. The van der Waals surface area contributed by atoms with Crippen molar-refractivity contribution in [2.75, 3.05) is 37.6 Å². The van der Waals surface area contributed by atoms with Gasteiger partial charge in [0.1, 0.15) is 6.07 Å². The maximum Gasteiger partial charge on any atom is 0.183 e. The third-order valence-electron chi connectivity index (χ3n) is 3.51. The minimum atomic E-state index is -1.09. The number of halogens is 2. The Hall–Kier alpha value is -1.71. The Morgan fingerprint density at radius 3 is 2.33 bits per heavy atom. The van der Waals surface area contributed by atoms with Crippen LogP contribution in [0.25, 0.3) is 0 Å². The van der Waals surface area contributed by atoms with E-state index in [1.54, 1.807) is 24.8 Å². The number of nitriles is 1. The van der Waals surface area contributed by atoms with Gasteiger partial charge in [0.2, 0.25) is 0 Å². The fourth-order valence-corrected chi connectivity index (χ4v) is 2.56. The van der Waals surface area contributed by atoms with Gasteiger partial charge in [-0.25, -0.2) is 8.78 Å². The SMILES string of the molecule is CC(C)(O)CN1CCN(c2ccc(C#N)c(F)c2F)CC1. The van der Waals surface area contributed by atoms with Gasteiger partial charge in [0.15, 0.2) is 11.6 Å². The van der Waals surface area contributed by atoms with Crippen molar-refractivity contribution >= 4 is 5.69 Å². The van der Waals surface area contributed by atoms with E-state index in [4.69, 9.17) is 5.26 Å². The van der Waals surface area contributed by atoms with Crippen LogP contribution in [0.1, 0.15) is 19.4 Å². The molecule has 1 N–H and O–H groups in total. The van der Waals surface area contributed by atoms with Crippen LogP contribution in [-0.4, -0.2) is 48.3 Å². The minimum absolute atomic E-state index is 0.189. The largest absolute Gasteiger partial charge is 0.389 e. The predicted octanol–water partition coefficient (Wildman–Crippen LogP) is 1.73. The molecule has 0 bridgehead atoms. The van der Waals surface area contributed by atoms with Crippen LogP contribution < -0.4 is 4.90 Å². The van der Waals surface area contributed by atoms with Gasteiger partial charge in [0.25, 0.3) is 0 Å². The normalized spacial score (nSPS) is 16.9. The molecule has 4 nitrogen and oxygen atoms in total. The number of aliphatic hydroxyl groups is 1. The molecule has 0 spiro atoms. The third-order valence-corrected chi connectivity index (χ3v) is 3.51. The first-order chi connectivity index (χ1) is 9.81. The van der Waals surface area contributed by atoms with Gasteiger partial charge in [0, 0.05) is 32.7 Å². The van der Waals surface area contributed by atoms with Crippen molar-refractivity contribution in [2.45, 2.75) is 19.4 Å². The molecular formula is C15H19F2N3O. The van der Waals surface area contributed by atoms with E-state index in [2.05, 4.69) is 4.90 Å². The predicted molar refractivity (Wildman–Crippen MR) is 76.0 cm³/mol. The molecule has 1 aromatic carbocycles. The molecule has 21 heavy (non-hydrogen) atoms. The minimum Gasteiger partial charge on any atom is -0.389 e. The van der Waals surface area contributed by atoms with Crippen LogP contribution in [0.15, 0.2) is 12.1 Å². The lowest BCUT2D eigenvalue weighted by atomic mass is 10.1. The van der Waals surface area contributed by atoms with Crippen molar-refractivity contribution in [1.29, 1.82) is 5.26 Å². The van der Waals surface area contributed by atoms with Gasteiger partial charge in [-0.15, -0.1) is 0 Å². The Bertz CT molecular complexity index is 555. The summed E-state index contributed by atoms with van der Waals surface area (Å²) in [5, 5.41) is 18.5. The molecule has 0 aliphatic carbocycles. The highest BCUT2D eigenvalue weighted by molar-refractivity contribution is 5.52. The molecule has 1 aromatic rings. The number of rotatable bonds is 3. The summed E-state index contributed by atoms with van der Waals surface area (Å²) in [6.07, 6.45) is 0. The van der Waals surface area contributed by atoms with Crippen molar-refractivity contribution in [3.05, 3.63) is 29.3 Å². The van der Waals surface area contributed by atoms with Crippen LogP contribution in [0, 0.1) is 23.0 Å². The van der Waals surface area contributed by atoms with E-state index in [1.165, 1.54) is 12.1 Å². The van der Waals surface area contributed by atoms with E-state index in [0.29, 0.717) is 32.7 Å². The quantitative estimate of drug-likeness (QED) is 0.922. The summed E-state index contributed by atoms with van der Waals surface area (Å²) >= 11 is 0. The van der Waals surface area contributed by atoms with Crippen LogP contribution in [0.2, 0.25) is 0 Å². The van der Waals surface area contributed by atoms with Crippen LogP contribution >= 0.6 is 0 Å². The number of benzene rings is 1. The average Bonchev–Trinajstić information content (AvgIpc) is 2.41. The second-order valence-corrected chi connectivity index (χ2v) is 5.95. The first-order valence-corrected chi connectivity index (χ1v) is 6.89. The van der Waals surface area contributed by atoms with Crippen molar-refractivity contribution in [1.82, 2.24) is 4.90 Å². The highest BCUT2D eigenvalue weighted by Gasteiger charge is 2.25. The van der Waals surface area contributed by atoms with Gasteiger partial charge in [-0.05, 0) is 26.0 Å². The molecule has 1 saturated heterocycles. The molecule has 1 aliphatic rings. The highest BCUT2D eigenvalue weighted by Crippen LogP contribution is 2.25. The summed E-state index contributed by atoms with van der Waals surface area (Å²) in [6, 6.07) is 4.38. The average molecular weight is 295 g/mol. The Morgan fingerprint density at radius 2 is 1.81 bits per heavy atom. The van der Waals surface area contributed by atoms with E-state index in [1.807, 2.05) is 0 Å². The van der Waals surface area contributed by atoms with E-state index in [9.17, 15) is 13.9 Å². The molecule has 0 amide bonds. The number of hydrogen-bond donors (Lipinski definition) is 1. The zero-order valence-corrected chi connectivity index (χ0v) is 12.2. The monoisotopic (exact) mass is 295 g/mol. The molecular weight excluding hydrogens is 276 g/mol. The molecule has 6 heteroatoms. The van der Waals surface area contributed by atoms with Gasteiger partial charge in [-0.2, -0.15) is 5.26 Å². The van der Waals surface area contributed by atoms with Crippen molar-refractivity contribution in [2.24, 2.45) is 0 Å². The number of β-amino-alcohol motifs (C(OH)–C–C–N with tert-alkyl or cyclic N) is 1. The van der Waals surface area contributed by atoms with Crippen LogP contribution in [-0.2, 0) is 0 Å². The summed E-state index contributed by atoms with van der Waals surface area (Å²) in [4.78, 5) is 3.86. The number of anilines is 1. The highest BCUT2D eigenvalue weighted by atomic mass is 19.2. The Morgan fingerprint density at radius 1 is 1.19 bits per heavy atom. The maximum atomic E-state index is 14.0. The third kappa shape index (κ3) is 3.69. The first-order valence-electron chi connectivity index (χ1n) is 6.89. The van der Waals surface area contributed by atoms with Crippen molar-refractivity contribution in [3.63, 3.8) is 0 Å². The lowest BCUT2D eigenvalue weighted by Crippen LogP contribution is -2.50. The molecule has 0 unspecified atom stereocenters. The van der Waals surface area contributed by atoms with Gasteiger partial charge in [-0.1, -0.05) is 0 Å². The molecule has 0 radical (unpaired) electrons. The standard InChI is InChI=1S/C15H19F2N3O/c1-15(2,21)10-19-5-7-20(8-6-19)12-4-3-11(9-18)13(16)14(12)17/h3-4,21H,5-8,10H2,1-2H3. The summed E-state index contributed by atoms with van der Waals surface area (Å²) < 4.78 is 27.6. The zero-order valence-electron chi connectivity index (χ0n) is 12.2. The summed E-state index contributed by atoms with van der Waals surface area (Å²) in [7, 11) is 0. The van der Waals surface area contributed by atoms with E-state index in [0.717, 1.165) is 0 Å². The van der Waals surface area contributed by atoms with Crippen molar-refractivity contribution in [3.8, 4) is 6.07 Å². The number of piperazine rings is 1. The second kappa shape index (κ2) is 5.96. The zero-order chi connectivity index (χ0) is 15.6. The lowest BCUT2D eigenvalue weighted by Gasteiger charge is -2.38. The van der Waals surface area contributed by atoms with Crippen LogP contribution in [0.5, 0.6) is 0 Å². The van der Waals surface area contributed by atoms with E-state index in [-0.39, 0.29) is 11.3 Å². The van der Waals surface area contributed by atoms with Crippen molar-refractivity contribution < 1.29 is 13.9 Å². The number of hydrogen-bond acceptors (Lipinski definition) is 4. The van der Waals surface area contributed by atoms with E-state index < -0.39 is 17.2 Å². The molecule has 0 aromatic heterocycles. The van der Waals surface area contributed by atoms with E-state index >= 15 is 0 Å². The number of nitrogens with zero attached hydrogens (tertiary/aromatic N) is 3. The van der Waals surface area contributed by atoms with Gasteiger partial charge >= 0.3 is 0 Å². The Kier molecular flexibility index (Phi) is 4.45. The summed E-state index contributed by atoms with van der Waals surface area (Å²) in [5.74, 6) is -2.06. The van der Waals surface area contributed by atoms with Crippen LogP contribution in [0.4, 0.5) is 14.5 Å². The first kappa shape index (κ1) is 15.7. The Balaban J connectivity index is 2.06. The fourth-order valence-electron chi connectivity index (χ4n) is 2.56. The molecule has 1 aliphatic heterocycles. The molecule has 2 rings (SSSR count). The van der Waals surface area contributed by atoms with Gasteiger partial charge in [0.05, 0.1) is 16.9 Å².